The molecular formula is C29H27ClN4O3S. The van der Waals surface area contributed by atoms with Crippen molar-refractivity contribution < 1.29 is 14.0 Å². The van der Waals surface area contributed by atoms with E-state index in [2.05, 4.69) is 22.0 Å². The van der Waals surface area contributed by atoms with Gasteiger partial charge in [0.2, 0.25) is 5.91 Å². The van der Waals surface area contributed by atoms with E-state index in [-0.39, 0.29) is 17.6 Å². The molecule has 7 nitrogen and oxygen atoms in total. The quantitative estimate of drug-likeness (QED) is 0.309. The fraction of sp³-hybridized carbons (Fsp3) is 0.207. The third kappa shape index (κ3) is 5.96. The molecule has 0 radical (unpaired) electrons. The number of amides is 2. The zero-order chi connectivity index (χ0) is 27.4. The molecule has 0 saturated heterocycles. The van der Waals surface area contributed by atoms with E-state index >= 15 is 0 Å². The normalized spacial score (nSPS) is 15.1. The minimum Gasteiger partial charge on any atom is -0.468 e. The summed E-state index contributed by atoms with van der Waals surface area (Å²) in [5.41, 5.74) is 5.63. The van der Waals surface area contributed by atoms with E-state index < -0.39 is 5.92 Å². The van der Waals surface area contributed by atoms with Crippen LogP contribution in [0.2, 0.25) is 5.02 Å². The van der Waals surface area contributed by atoms with Crippen LogP contribution in [0.15, 0.2) is 81.1 Å². The van der Waals surface area contributed by atoms with Crippen LogP contribution in [0.4, 0.5) is 11.4 Å². The fourth-order valence-corrected chi connectivity index (χ4v) is 5.51. The molecule has 0 unspecified atom stereocenters. The first-order valence-electron chi connectivity index (χ1n) is 11.9. The minimum absolute atomic E-state index is 0.0532. The molecule has 4 rings (SSSR count). The van der Waals surface area contributed by atoms with E-state index in [9.17, 15) is 14.9 Å². The van der Waals surface area contributed by atoms with Crippen LogP contribution in [0.5, 0.6) is 0 Å². The van der Waals surface area contributed by atoms with E-state index in [4.69, 9.17) is 16.0 Å². The third-order valence-electron chi connectivity index (χ3n) is 6.11. The molecule has 3 N–H and O–H groups in total. The Hall–Kier alpha value is -3.93. The van der Waals surface area contributed by atoms with Gasteiger partial charge < -0.3 is 20.4 Å². The number of furan rings is 1. The highest BCUT2D eigenvalue weighted by atomic mass is 35.5. The first-order chi connectivity index (χ1) is 18.2. The van der Waals surface area contributed by atoms with Gasteiger partial charge in [0.25, 0.3) is 5.91 Å². The number of aryl methyl sites for hydroxylation is 3. The average molecular weight is 547 g/mol. The smallest absolute Gasteiger partial charge is 0.254 e. The fourth-order valence-electron chi connectivity index (χ4n) is 4.49. The summed E-state index contributed by atoms with van der Waals surface area (Å²) in [6, 6.07) is 16.5. The number of hydrogen-bond acceptors (Lipinski definition) is 6. The lowest BCUT2D eigenvalue weighted by atomic mass is 9.85. The Labute approximate surface area is 230 Å². The maximum atomic E-state index is 13.7. The lowest BCUT2D eigenvalue weighted by molar-refractivity contribution is -0.114. The van der Waals surface area contributed by atoms with Crippen LogP contribution in [0.25, 0.3) is 0 Å². The van der Waals surface area contributed by atoms with Gasteiger partial charge in [0.1, 0.15) is 5.76 Å². The first-order valence-corrected chi connectivity index (χ1v) is 13.3. The largest absolute Gasteiger partial charge is 0.468 e. The molecule has 38 heavy (non-hydrogen) atoms. The van der Waals surface area contributed by atoms with Crippen LogP contribution in [0.3, 0.4) is 0 Å². The first kappa shape index (κ1) is 27.1. The number of allylic oxidation sites excluding steroid dienone is 2. The molecule has 0 aliphatic carbocycles. The molecule has 1 atom stereocenters. The van der Waals surface area contributed by atoms with Gasteiger partial charge in [-0.15, -0.1) is 0 Å². The van der Waals surface area contributed by atoms with Gasteiger partial charge >= 0.3 is 0 Å². The zero-order valence-corrected chi connectivity index (χ0v) is 23.0. The molecule has 194 valence electrons. The number of nitrogens with zero attached hydrogens (tertiary/aromatic N) is 1. The second kappa shape index (κ2) is 11.6. The number of nitrogens with one attached hydrogen (secondary N) is 3. The Bertz CT molecular complexity index is 1460. The molecule has 0 saturated carbocycles. The molecule has 0 fully saturated rings. The maximum absolute atomic E-state index is 13.7. The highest BCUT2D eigenvalue weighted by Gasteiger charge is 2.36. The van der Waals surface area contributed by atoms with E-state index in [0.717, 1.165) is 22.4 Å². The highest BCUT2D eigenvalue weighted by Crippen LogP contribution is 2.41. The van der Waals surface area contributed by atoms with Crippen molar-refractivity contribution in [3.8, 4) is 6.07 Å². The number of thioether (sulfide) groups is 1. The number of halogens is 1. The highest BCUT2D eigenvalue weighted by molar-refractivity contribution is 8.03. The summed E-state index contributed by atoms with van der Waals surface area (Å²) in [5.74, 6) is -0.784. The Morgan fingerprint density at radius 3 is 2.37 bits per heavy atom. The Balaban J connectivity index is 1.60. The SMILES string of the molecule is CC1=C(C(=O)Nc2c(C)cc(C)cc2C)[C@H](c2ccco2)C(C#N)=C(SCC(=O)Nc2ccc(Cl)cc2)N1. The molecule has 2 aromatic carbocycles. The van der Waals surface area contributed by atoms with Crippen molar-refractivity contribution in [3.05, 3.63) is 104 Å². The molecule has 2 heterocycles. The number of carbonyl (C=O) groups excluding carboxylic acids is 2. The lowest BCUT2D eigenvalue weighted by Crippen LogP contribution is -2.31. The predicted molar refractivity (Wildman–Crippen MR) is 152 cm³/mol. The van der Waals surface area contributed by atoms with E-state index in [1.165, 1.54) is 18.0 Å². The number of dihydropyridines is 1. The number of rotatable bonds is 7. The van der Waals surface area contributed by atoms with E-state index in [1.807, 2.05) is 32.9 Å². The third-order valence-corrected chi connectivity index (χ3v) is 7.38. The molecule has 1 aliphatic heterocycles. The summed E-state index contributed by atoms with van der Waals surface area (Å²) in [4.78, 5) is 26.3. The van der Waals surface area contributed by atoms with E-state index in [1.54, 1.807) is 43.3 Å². The monoisotopic (exact) mass is 546 g/mol. The van der Waals surface area contributed by atoms with Crippen molar-refractivity contribution in [1.82, 2.24) is 5.32 Å². The van der Waals surface area contributed by atoms with Gasteiger partial charge in [0.05, 0.1) is 40.2 Å². The number of nitriles is 1. The Morgan fingerprint density at radius 2 is 1.76 bits per heavy atom. The van der Waals surface area contributed by atoms with Crippen molar-refractivity contribution in [2.75, 3.05) is 16.4 Å². The number of anilines is 2. The number of hydrogen-bond donors (Lipinski definition) is 3. The van der Waals surface area contributed by atoms with Crippen molar-refractivity contribution in [3.63, 3.8) is 0 Å². The molecule has 1 aromatic heterocycles. The van der Waals surface area contributed by atoms with Crippen LogP contribution in [0.1, 0.15) is 35.3 Å². The summed E-state index contributed by atoms with van der Waals surface area (Å²) >= 11 is 7.10. The van der Waals surface area contributed by atoms with Gasteiger partial charge in [-0.25, -0.2) is 0 Å². The van der Waals surface area contributed by atoms with Crippen LogP contribution in [0, 0.1) is 32.1 Å². The number of benzene rings is 2. The topological polar surface area (TPSA) is 107 Å². The van der Waals surface area contributed by atoms with Crippen LogP contribution in [-0.4, -0.2) is 17.6 Å². The van der Waals surface area contributed by atoms with Crippen molar-refractivity contribution >= 4 is 46.6 Å². The standard InChI is InChI=1S/C29H27ClN4O3S/c1-16-12-17(2)27(18(3)13-16)34-28(36)25-19(4)32-29(22(14-31)26(25)23-6-5-11-37-23)38-15-24(35)33-21-9-7-20(30)8-10-21/h5-13,26,32H,15H2,1-4H3,(H,33,35)(H,34,36)/t26-/m0/s1. The number of carbonyl (C=O) groups is 2. The van der Waals surface area contributed by atoms with Gasteiger partial charge in [-0.3, -0.25) is 9.59 Å². The van der Waals surface area contributed by atoms with Gasteiger partial charge in [-0.05, 0) is 75.2 Å². The van der Waals surface area contributed by atoms with E-state index in [0.29, 0.717) is 38.3 Å². The summed E-state index contributed by atoms with van der Waals surface area (Å²) in [6.07, 6.45) is 1.51. The summed E-state index contributed by atoms with van der Waals surface area (Å²) in [6.45, 7) is 7.69. The maximum Gasteiger partial charge on any atom is 0.254 e. The second-order valence-electron chi connectivity index (χ2n) is 9.04. The van der Waals surface area contributed by atoms with Crippen molar-refractivity contribution in [1.29, 1.82) is 5.26 Å². The van der Waals surface area contributed by atoms with Gasteiger partial charge in [-0.2, -0.15) is 5.26 Å². The Morgan fingerprint density at radius 1 is 1.08 bits per heavy atom. The lowest BCUT2D eigenvalue weighted by Gasteiger charge is -2.28. The molecule has 3 aromatic rings. The van der Waals surface area contributed by atoms with Crippen molar-refractivity contribution in [2.24, 2.45) is 0 Å². The summed E-state index contributed by atoms with van der Waals surface area (Å²) < 4.78 is 5.68. The summed E-state index contributed by atoms with van der Waals surface area (Å²) in [5, 5.41) is 20.3. The molecule has 0 bridgehead atoms. The van der Waals surface area contributed by atoms with Gasteiger partial charge in [-0.1, -0.05) is 41.1 Å². The molecule has 1 aliphatic rings. The predicted octanol–water partition coefficient (Wildman–Crippen LogP) is 6.56. The second-order valence-corrected chi connectivity index (χ2v) is 10.5. The van der Waals surface area contributed by atoms with Crippen molar-refractivity contribution in [2.45, 2.75) is 33.6 Å². The minimum atomic E-state index is -0.732. The molecular weight excluding hydrogens is 520 g/mol. The Kier molecular flexibility index (Phi) is 8.30. The molecule has 2 amide bonds. The average Bonchev–Trinajstić information content (AvgIpc) is 3.40. The van der Waals surface area contributed by atoms with Gasteiger partial charge in [0, 0.05) is 22.1 Å². The zero-order valence-electron chi connectivity index (χ0n) is 21.4. The molecule has 9 heteroatoms. The molecule has 0 spiro atoms. The summed E-state index contributed by atoms with van der Waals surface area (Å²) in [7, 11) is 0. The van der Waals surface area contributed by atoms with Crippen LogP contribution in [-0.2, 0) is 9.59 Å². The van der Waals surface area contributed by atoms with Gasteiger partial charge in [0.15, 0.2) is 0 Å². The van der Waals surface area contributed by atoms with Crippen LogP contribution < -0.4 is 16.0 Å². The van der Waals surface area contributed by atoms with Crippen LogP contribution >= 0.6 is 23.4 Å².